The summed E-state index contributed by atoms with van der Waals surface area (Å²) >= 11 is 0. The molecule has 0 saturated carbocycles. The molecule has 0 fully saturated rings. The van der Waals surface area contributed by atoms with E-state index >= 15 is 0 Å². The first-order chi connectivity index (χ1) is 18.5. The van der Waals surface area contributed by atoms with E-state index < -0.39 is 11.9 Å². The number of hydrogen-bond donors (Lipinski definition) is 1. The predicted molar refractivity (Wildman–Crippen MR) is 149 cm³/mol. The van der Waals surface area contributed by atoms with Gasteiger partial charge in [0.2, 0.25) is 0 Å². The highest BCUT2D eigenvalue weighted by Crippen LogP contribution is 2.27. The van der Waals surface area contributed by atoms with Gasteiger partial charge in [-0.15, -0.1) is 0 Å². The standard InChI is InChI=1S/C30H32N4O4/c1-4-5-6-7-12-27(32-37-21(2)35)26-20-34(29-14-9-8-11-25(26)29)24-17-15-23(16-18-24)30(33-38-22(3)36)28-13-10-19-31-28/h8-11,13-20,31H,4-7,12H2,1-3H3/b32-27+,33-30-. The number of fused-ring (bicyclic) bond motifs is 1. The molecule has 1 N–H and O–H groups in total. The minimum absolute atomic E-state index is 0.441. The first-order valence-electron chi connectivity index (χ1n) is 12.8. The lowest BCUT2D eigenvalue weighted by atomic mass is 10.0. The fourth-order valence-electron chi connectivity index (χ4n) is 4.32. The van der Waals surface area contributed by atoms with Crippen molar-refractivity contribution in [2.75, 3.05) is 0 Å². The van der Waals surface area contributed by atoms with Crippen molar-refractivity contribution in [2.45, 2.75) is 52.9 Å². The van der Waals surface area contributed by atoms with Crippen LogP contribution in [0.25, 0.3) is 16.6 Å². The predicted octanol–water partition coefficient (Wildman–Crippen LogP) is 6.51. The summed E-state index contributed by atoms with van der Waals surface area (Å²) in [6.07, 6.45) is 8.90. The van der Waals surface area contributed by atoms with Crippen LogP contribution in [0.2, 0.25) is 0 Å². The number of oxime groups is 2. The molecule has 0 amide bonds. The van der Waals surface area contributed by atoms with Crippen LogP contribution in [0, 0.1) is 0 Å². The van der Waals surface area contributed by atoms with E-state index in [9.17, 15) is 9.59 Å². The van der Waals surface area contributed by atoms with Gasteiger partial charge in [-0.1, -0.05) is 66.8 Å². The molecule has 2 aromatic carbocycles. The number of rotatable bonds is 11. The molecule has 8 nitrogen and oxygen atoms in total. The van der Waals surface area contributed by atoms with Gasteiger partial charge in [0.25, 0.3) is 0 Å². The molecule has 0 bridgehead atoms. The summed E-state index contributed by atoms with van der Waals surface area (Å²) in [5, 5.41) is 9.33. The van der Waals surface area contributed by atoms with E-state index in [0.717, 1.165) is 64.8 Å². The van der Waals surface area contributed by atoms with E-state index in [1.54, 1.807) is 6.20 Å². The molecule has 8 heteroatoms. The maximum Gasteiger partial charge on any atom is 0.332 e. The van der Waals surface area contributed by atoms with Crippen LogP contribution in [0.3, 0.4) is 0 Å². The highest BCUT2D eigenvalue weighted by molar-refractivity contribution is 6.12. The summed E-state index contributed by atoms with van der Waals surface area (Å²) in [6.45, 7) is 4.85. The fraction of sp³-hybridized carbons (Fsp3) is 0.267. The van der Waals surface area contributed by atoms with E-state index in [1.807, 2.05) is 54.7 Å². The summed E-state index contributed by atoms with van der Waals surface area (Å²) in [4.78, 5) is 36.0. The van der Waals surface area contributed by atoms with Gasteiger partial charge < -0.3 is 19.2 Å². The Morgan fingerprint density at radius 2 is 1.61 bits per heavy atom. The molecule has 2 aromatic heterocycles. The molecule has 0 spiro atoms. The summed E-state index contributed by atoms with van der Waals surface area (Å²) in [6, 6.07) is 19.7. The van der Waals surface area contributed by atoms with Gasteiger partial charge >= 0.3 is 11.9 Å². The second-order valence-electron chi connectivity index (χ2n) is 9.01. The van der Waals surface area contributed by atoms with Crippen LogP contribution in [0.5, 0.6) is 0 Å². The third-order valence-corrected chi connectivity index (χ3v) is 6.11. The number of unbranched alkanes of at least 4 members (excludes halogenated alkanes) is 3. The number of benzene rings is 2. The number of nitrogens with zero attached hydrogens (tertiary/aromatic N) is 3. The topological polar surface area (TPSA) is 98.0 Å². The zero-order valence-electron chi connectivity index (χ0n) is 21.9. The van der Waals surface area contributed by atoms with E-state index in [4.69, 9.17) is 9.68 Å². The Balaban J connectivity index is 1.72. The van der Waals surface area contributed by atoms with Gasteiger partial charge in [0, 0.05) is 48.4 Å². The lowest BCUT2D eigenvalue weighted by Gasteiger charge is -2.08. The fourth-order valence-corrected chi connectivity index (χ4v) is 4.32. The number of aromatic amines is 1. The zero-order valence-corrected chi connectivity index (χ0v) is 21.9. The number of aromatic nitrogens is 2. The monoisotopic (exact) mass is 512 g/mol. The molecule has 196 valence electrons. The van der Waals surface area contributed by atoms with E-state index in [2.05, 4.69) is 38.9 Å². The Bertz CT molecular complexity index is 1450. The summed E-state index contributed by atoms with van der Waals surface area (Å²) < 4.78 is 2.10. The molecule has 0 atom stereocenters. The Labute approximate surface area is 221 Å². The molecule has 0 unspecified atom stereocenters. The summed E-state index contributed by atoms with van der Waals surface area (Å²) in [7, 11) is 0. The Hall–Kier alpha value is -4.46. The van der Waals surface area contributed by atoms with Gasteiger partial charge in [-0.25, -0.2) is 9.59 Å². The number of carbonyl (C=O) groups excluding carboxylic acids is 2. The average molecular weight is 513 g/mol. The number of H-pyrrole nitrogens is 1. The molecule has 38 heavy (non-hydrogen) atoms. The third-order valence-electron chi connectivity index (χ3n) is 6.11. The Kier molecular flexibility index (Phi) is 8.87. The molecule has 0 radical (unpaired) electrons. The molecular formula is C30H32N4O4. The molecular weight excluding hydrogens is 480 g/mol. The van der Waals surface area contributed by atoms with Gasteiger partial charge in [-0.2, -0.15) is 0 Å². The van der Waals surface area contributed by atoms with Gasteiger partial charge in [0.15, 0.2) is 0 Å². The molecule has 4 aromatic rings. The van der Waals surface area contributed by atoms with Crippen LogP contribution in [0.4, 0.5) is 0 Å². The van der Waals surface area contributed by atoms with Crippen molar-refractivity contribution in [1.29, 1.82) is 0 Å². The van der Waals surface area contributed by atoms with Crippen molar-refractivity contribution in [3.05, 3.63) is 89.9 Å². The summed E-state index contributed by atoms with van der Waals surface area (Å²) in [5.74, 6) is -0.929. The van der Waals surface area contributed by atoms with E-state index in [0.29, 0.717) is 12.1 Å². The lowest BCUT2D eigenvalue weighted by molar-refractivity contribution is -0.141. The van der Waals surface area contributed by atoms with Crippen LogP contribution >= 0.6 is 0 Å². The minimum Gasteiger partial charge on any atom is -0.360 e. The molecule has 0 aliphatic carbocycles. The van der Waals surface area contributed by atoms with Gasteiger partial charge in [0.05, 0.1) is 16.9 Å². The second-order valence-corrected chi connectivity index (χ2v) is 9.01. The zero-order chi connectivity index (χ0) is 26.9. The molecule has 0 aliphatic rings. The normalized spacial score (nSPS) is 12.1. The molecule has 2 heterocycles. The number of hydrogen-bond acceptors (Lipinski definition) is 6. The number of nitrogens with one attached hydrogen (secondary N) is 1. The van der Waals surface area contributed by atoms with Gasteiger partial charge in [-0.05, 0) is 43.2 Å². The highest BCUT2D eigenvalue weighted by Gasteiger charge is 2.16. The first-order valence-corrected chi connectivity index (χ1v) is 12.8. The first kappa shape index (κ1) is 26.6. The van der Waals surface area contributed by atoms with Crippen LogP contribution < -0.4 is 0 Å². The average Bonchev–Trinajstić information content (AvgIpc) is 3.58. The smallest absolute Gasteiger partial charge is 0.332 e. The van der Waals surface area contributed by atoms with Crippen molar-refractivity contribution in [3.8, 4) is 5.69 Å². The van der Waals surface area contributed by atoms with Crippen LogP contribution in [-0.4, -0.2) is 32.9 Å². The van der Waals surface area contributed by atoms with Gasteiger partial charge in [0.1, 0.15) is 5.71 Å². The van der Waals surface area contributed by atoms with Crippen LogP contribution in [-0.2, 0) is 19.3 Å². The minimum atomic E-state index is -0.488. The Morgan fingerprint density at radius 3 is 2.29 bits per heavy atom. The maximum absolute atomic E-state index is 11.5. The number of para-hydroxylation sites is 1. The maximum atomic E-state index is 11.5. The quantitative estimate of drug-likeness (QED) is 0.107. The molecule has 4 rings (SSSR count). The second kappa shape index (κ2) is 12.7. The van der Waals surface area contributed by atoms with Crippen molar-refractivity contribution in [1.82, 2.24) is 9.55 Å². The lowest BCUT2D eigenvalue weighted by Crippen LogP contribution is -2.07. The SMILES string of the molecule is CCCCCC/C(=N\OC(C)=O)c1cn(-c2ccc(/C(=N/OC(C)=O)c3ccc[nH]3)cc2)c2ccccc12. The van der Waals surface area contributed by atoms with Gasteiger partial charge in [-0.3, -0.25) is 0 Å². The summed E-state index contributed by atoms with van der Waals surface area (Å²) in [5.41, 5.74) is 5.70. The highest BCUT2D eigenvalue weighted by atomic mass is 16.7. The van der Waals surface area contributed by atoms with Crippen LogP contribution in [0.1, 0.15) is 69.7 Å². The van der Waals surface area contributed by atoms with E-state index in [-0.39, 0.29) is 0 Å². The van der Waals surface area contributed by atoms with Crippen molar-refractivity contribution in [2.24, 2.45) is 10.3 Å². The van der Waals surface area contributed by atoms with Crippen molar-refractivity contribution >= 4 is 34.3 Å². The van der Waals surface area contributed by atoms with Crippen LogP contribution in [0.15, 0.2) is 83.4 Å². The van der Waals surface area contributed by atoms with Crippen molar-refractivity contribution < 1.29 is 19.3 Å². The third kappa shape index (κ3) is 6.45. The molecule has 0 aliphatic heterocycles. The Morgan fingerprint density at radius 1 is 0.868 bits per heavy atom. The number of carbonyl (C=O) groups is 2. The van der Waals surface area contributed by atoms with Crippen molar-refractivity contribution in [3.63, 3.8) is 0 Å². The van der Waals surface area contributed by atoms with E-state index in [1.165, 1.54) is 13.8 Å². The molecule has 0 saturated heterocycles. The largest absolute Gasteiger partial charge is 0.360 e.